The van der Waals surface area contributed by atoms with E-state index in [4.69, 9.17) is 0 Å². The minimum Gasteiger partial charge on any atom is -0.457 e. The first-order valence-corrected chi connectivity index (χ1v) is 2.19. The molecule has 1 saturated heterocycles. The Morgan fingerprint density at radius 1 is 1.50 bits per heavy atom. The zero-order valence-corrected chi connectivity index (χ0v) is 4.09. The van der Waals surface area contributed by atoms with Crippen LogP contribution in [0.5, 0.6) is 0 Å². The van der Waals surface area contributed by atoms with Gasteiger partial charge in [-0.05, 0) is 0 Å². The lowest BCUT2D eigenvalue weighted by Crippen LogP contribution is -2.35. The van der Waals surface area contributed by atoms with E-state index in [0.29, 0.717) is 6.54 Å². The van der Waals surface area contributed by atoms with Crippen molar-refractivity contribution in [3.63, 3.8) is 0 Å². The molecular formula is C4H4NO3. The van der Waals surface area contributed by atoms with Gasteiger partial charge in [-0.2, -0.15) is 0 Å². The standard InChI is InChI=1S/C4H4NO3/c6-3-4(7)8-2-1-5-3/h1-2H2. The van der Waals surface area contributed by atoms with E-state index < -0.39 is 11.9 Å². The number of carbonyl (C=O) groups is 2. The lowest BCUT2D eigenvalue weighted by molar-refractivity contribution is -0.158. The number of nitrogens with zero attached hydrogens (tertiary/aromatic N) is 1. The minimum atomic E-state index is -0.837. The highest BCUT2D eigenvalue weighted by atomic mass is 16.5. The van der Waals surface area contributed by atoms with Gasteiger partial charge >= 0.3 is 11.9 Å². The normalized spacial score (nSPS) is 19.5. The highest BCUT2D eigenvalue weighted by Gasteiger charge is 2.20. The molecule has 1 rings (SSSR count). The van der Waals surface area contributed by atoms with Gasteiger partial charge in [0.2, 0.25) is 0 Å². The van der Waals surface area contributed by atoms with E-state index >= 15 is 0 Å². The van der Waals surface area contributed by atoms with E-state index in [9.17, 15) is 9.59 Å². The molecule has 1 aliphatic rings. The monoisotopic (exact) mass is 114 g/mol. The Hall–Kier alpha value is -1.06. The lowest BCUT2D eigenvalue weighted by Gasteiger charge is -2.07. The Bertz CT molecular complexity index is 115. The van der Waals surface area contributed by atoms with Crippen molar-refractivity contribution in [2.75, 3.05) is 13.2 Å². The number of morpholine rings is 1. The second-order valence-electron chi connectivity index (χ2n) is 1.32. The summed E-state index contributed by atoms with van der Waals surface area (Å²) in [4.78, 5) is 20.3. The predicted octanol–water partition coefficient (Wildman–Crippen LogP) is -1.33. The Morgan fingerprint density at radius 2 is 2.25 bits per heavy atom. The van der Waals surface area contributed by atoms with Gasteiger partial charge in [-0.1, -0.05) is 0 Å². The lowest BCUT2D eigenvalue weighted by atomic mass is 10.5. The molecule has 43 valence electrons. The highest BCUT2D eigenvalue weighted by Crippen LogP contribution is 1.85. The summed E-state index contributed by atoms with van der Waals surface area (Å²) in [5, 5.41) is 3.30. The SMILES string of the molecule is O=C1[N]CCOC1=O. The summed E-state index contributed by atoms with van der Waals surface area (Å²) >= 11 is 0. The third kappa shape index (κ3) is 0.776. The van der Waals surface area contributed by atoms with E-state index in [1.165, 1.54) is 0 Å². The summed E-state index contributed by atoms with van der Waals surface area (Å²) in [6.45, 7) is 0.551. The maximum absolute atomic E-state index is 10.2. The van der Waals surface area contributed by atoms with E-state index in [1.54, 1.807) is 0 Å². The fourth-order valence-corrected chi connectivity index (χ4v) is 0.412. The molecule has 0 spiro atoms. The topological polar surface area (TPSA) is 57.5 Å². The molecule has 0 bridgehead atoms. The maximum atomic E-state index is 10.2. The molecule has 1 fully saturated rings. The predicted molar refractivity (Wildman–Crippen MR) is 23.0 cm³/mol. The molecule has 4 heteroatoms. The van der Waals surface area contributed by atoms with Crippen LogP contribution in [0.2, 0.25) is 0 Å². The van der Waals surface area contributed by atoms with Crippen LogP contribution in [-0.2, 0) is 14.3 Å². The average molecular weight is 114 g/mol. The number of hydrogen-bond donors (Lipinski definition) is 0. The van der Waals surface area contributed by atoms with Crippen LogP contribution in [-0.4, -0.2) is 25.0 Å². The summed E-state index contributed by atoms with van der Waals surface area (Å²) in [5.41, 5.74) is 0. The van der Waals surface area contributed by atoms with Gasteiger partial charge in [0.1, 0.15) is 6.61 Å². The van der Waals surface area contributed by atoms with Crippen molar-refractivity contribution in [3.05, 3.63) is 0 Å². The van der Waals surface area contributed by atoms with E-state index in [-0.39, 0.29) is 6.61 Å². The number of esters is 1. The molecular weight excluding hydrogens is 110 g/mol. The molecule has 0 unspecified atom stereocenters. The zero-order valence-electron chi connectivity index (χ0n) is 4.09. The zero-order chi connectivity index (χ0) is 5.98. The second kappa shape index (κ2) is 1.81. The van der Waals surface area contributed by atoms with Crippen molar-refractivity contribution in [3.8, 4) is 0 Å². The van der Waals surface area contributed by atoms with Crippen molar-refractivity contribution in [2.24, 2.45) is 0 Å². The number of hydrogen-bond acceptors (Lipinski definition) is 3. The first-order chi connectivity index (χ1) is 3.80. The van der Waals surface area contributed by atoms with Crippen molar-refractivity contribution >= 4 is 11.9 Å². The van der Waals surface area contributed by atoms with E-state index in [0.717, 1.165) is 0 Å². The molecule has 0 atom stereocenters. The third-order valence-corrected chi connectivity index (χ3v) is 0.754. The Balaban J connectivity index is 2.52. The van der Waals surface area contributed by atoms with Gasteiger partial charge in [0.05, 0.1) is 6.54 Å². The van der Waals surface area contributed by atoms with Gasteiger partial charge in [0.15, 0.2) is 0 Å². The van der Waals surface area contributed by atoms with Crippen molar-refractivity contribution in [1.29, 1.82) is 0 Å². The molecule has 0 N–H and O–H groups in total. The largest absolute Gasteiger partial charge is 0.457 e. The van der Waals surface area contributed by atoms with Gasteiger partial charge < -0.3 is 4.74 Å². The van der Waals surface area contributed by atoms with E-state index in [1.807, 2.05) is 0 Å². The second-order valence-corrected chi connectivity index (χ2v) is 1.32. The highest BCUT2D eigenvalue weighted by molar-refractivity contribution is 6.32. The number of ether oxygens (including phenoxy) is 1. The average Bonchev–Trinajstić information content (AvgIpc) is 1.77. The summed E-state index contributed by atoms with van der Waals surface area (Å²) in [6, 6.07) is 0. The number of carbonyl (C=O) groups excluding carboxylic acids is 2. The third-order valence-electron chi connectivity index (χ3n) is 0.754. The van der Waals surface area contributed by atoms with Crippen LogP contribution < -0.4 is 5.32 Å². The van der Waals surface area contributed by atoms with Crippen molar-refractivity contribution in [2.45, 2.75) is 0 Å². The molecule has 0 aromatic carbocycles. The van der Waals surface area contributed by atoms with Crippen LogP contribution in [0.15, 0.2) is 0 Å². The van der Waals surface area contributed by atoms with Gasteiger partial charge in [-0.25, -0.2) is 10.1 Å². The van der Waals surface area contributed by atoms with Gasteiger partial charge in [0, 0.05) is 0 Å². The molecule has 0 saturated carbocycles. The molecule has 0 aromatic heterocycles. The minimum absolute atomic E-state index is 0.241. The van der Waals surface area contributed by atoms with Crippen molar-refractivity contribution < 1.29 is 14.3 Å². The fraction of sp³-hybridized carbons (Fsp3) is 0.500. The molecule has 1 heterocycles. The van der Waals surface area contributed by atoms with Crippen LogP contribution in [0.25, 0.3) is 0 Å². The maximum Gasteiger partial charge on any atom is 0.398 e. The Morgan fingerprint density at radius 3 is 2.62 bits per heavy atom. The summed E-state index contributed by atoms with van der Waals surface area (Å²) in [5.74, 6) is -1.60. The van der Waals surface area contributed by atoms with Gasteiger partial charge in [0.25, 0.3) is 0 Å². The molecule has 8 heavy (non-hydrogen) atoms. The molecule has 4 nitrogen and oxygen atoms in total. The summed E-state index contributed by atoms with van der Waals surface area (Å²) in [6.07, 6.45) is 0. The molecule has 1 aliphatic heterocycles. The molecule has 0 aromatic rings. The van der Waals surface area contributed by atoms with Crippen LogP contribution in [0, 0.1) is 0 Å². The van der Waals surface area contributed by atoms with Crippen LogP contribution >= 0.6 is 0 Å². The first-order valence-electron chi connectivity index (χ1n) is 2.19. The number of cyclic esters (lactones) is 1. The number of rotatable bonds is 0. The van der Waals surface area contributed by atoms with Crippen LogP contribution in [0.3, 0.4) is 0 Å². The Labute approximate surface area is 45.8 Å². The molecule has 0 aliphatic carbocycles. The van der Waals surface area contributed by atoms with Crippen LogP contribution in [0.1, 0.15) is 0 Å². The van der Waals surface area contributed by atoms with Crippen LogP contribution in [0.4, 0.5) is 0 Å². The smallest absolute Gasteiger partial charge is 0.398 e. The van der Waals surface area contributed by atoms with Gasteiger partial charge in [-0.15, -0.1) is 0 Å². The number of amides is 1. The molecule has 1 amide bonds. The molecule has 1 radical (unpaired) electrons. The fourth-order valence-electron chi connectivity index (χ4n) is 0.412. The first kappa shape index (κ1) is 5.08. The summed E-state index contributed by atoms with van der Waals surface area (Å²) in [7, 11) is 0. The quantitative estimate of drug-likeness (QED) is 0.289. The Kier molecular flexibility index (Phi) is 1.15. The van der Waals surface area contributed by atoms with Gasteiger partial charge in [-0.3, -0.25) is 4.79 Å². The van der Waals surface area contributed by atoms with Crippen molar-refractivity contribution in [1.82, 2.24) is 5.32 Å². The summed E-state index contributed by atoms with van der Waals surface area (Å²) < 4.78 is 4.31. The van der Waals surface area contributed by atoms with E-state index in [2.05, 4.69) is 10.1 Å².